The SMILES string of the molecule is C=CC(=O)OCCCCOc1ccc(/C=C(\C#N)C(=O)Oc2ccc(NC(=O)c3ccc(OCCCCOC(=O)C=C)cc3)cc2)cc1. The van der Waals surface area contributed by atoms with Crippen molar-refractivity contribution in [3.63, 3.8) is 0 Å². The lowest BCUT2D eigenvalue weighted by molar-refractivity contribution is -0.138. The van der Waals surface area contributed by atoms with Gasteiger partial charge in [-0.25, -0.2) is 14.4 Å². The van der Waals surface area contributed by atoms with Crippen LogP contribution in [-0.2, 0) is 23.9 Å². The van der Waals surface area contributed by atoms with E-state index in [0.29, 0.717) is 80.4 Å². The van der Waals surface area contributed by atoms with Gasteiger partial charge in [-0.2, -0.15) is 5.26 Å². The van der Waals surface area contributed by atoms with Crippen LogP contribution in [0.3, 0.4) is 0 Å². The number of esters is 3. The third-order valence-corrected chi connectivity index (χ3v) is 6.41. The van der Waals surface area contributed by atoms with Gasteiger partial charge >= 0.3 is 17.9 Å². The van der Waals surface area contributed by atoms with Gasteiger partial charge in [0.25, 0.3) is 5.91 Å². The van der Waals surface area contributed by atoms with Crippen LogP contribution in [0, 0.1) is 11.3 Å². The normalized spacial score (nSPS) is 10.5. The van der Waals surface area contributed by atoms with Gasteiger partial charge in [-0.1, -0.05) is 25.3 Å². The molecular formula is C37H36N2O9. The van der Waals surface area contributed by atoms with E-state index in [9.17, 15) is 24.4 Å². The standard InChI is InChI=1S/C37H36N2O9/c1-3-34(40)46-23-7-5-21-44-31-15-9-27(10-16-31)25-29(26-38)37(43)48-33-19-13-30(14-20-33)39-36(42)28-11-17-32(18-12-28)45-22-6-8-24-47-35(41)4-2/h3-4,9-20,25H,1-2,5-8,21-24H2,(H,39,42)/b29-25+. The lowest BCUT2D eigenvalue weighted by Crippen LogP contribution is -2.12. The van der Waals surface area contributed by atoms with E-state index in [-0.39, 0.29) is 17.2 Å². The third kappa shape index (κ3) is 13.1. The Hall–Kier alpha value is -6.15. The number of ether oxygens (including phenoxy) is 5. The topological polar surface area (TPSA) is 150 Å². The van der Waals surface area contributed by atoms with Gasteiger partial charge in [-0.3, -0.25) is 4.79 Å². The summed E-state index contributed by atoms with van der Waals surface area (Å²) < 4.78 is 26.5. The molecule has 0 aliphatic heterocycles. The molecule has 0 spiro atoms. The van der Waals surface area contributed by atoms with Gasteiger partial charge in [0, 0.05) is 23.4 Å². The number of carbonyl (C=O) groups excluding carboxylic acids is 4. The smallest absolute Gasteiger partial charge is 0.354 e. The molecule has 0 radical (unpaired) electrons. The van der Waals surface area contributed by atoms with Crippen LogP contribution >= 0.6 is 0 Å². The van der Waals surface area contributed by atoms with Gasteiger partial charge in [0.05, 0.1) is 26.4 Å². The number of hydrogen-bond donors (Lipinski definition) is 1. The van der Waals surface area contributed by atoms with Crippen molar-refractivity contribution in [3.05, 3.63) is 115 Å². The predicted molar refractivity (Wildman–Crippen MR) is 178 cm³/mol. The Balaban J connectivity index is 1.42. The number of anilines is 1. The Bertz CT molecular complexity index is 1620. The Morgan fingerprint density at radius 3 is 1.65 bits per heavy atom. The zero-order valence-corrected chi connectivity index (χ0v) is 26.4. The monoisotopic (exact) mass is 652 g/mol. The number of hydrogen-bond acceptors (Lipinski definition) is 10. The molecule has 11 heteroatoms. The Morgan fingerprint density at radius 1 is 0.667 bits per heavy atom. The van der Waals surface area contributed by atoms with Crippen molar-refractivity contribution >= 4 is 35.6 Å². The van der Waals surface area contributed by atoms with E-state index < -0.39 is 17.9 Å². The van der Waals surface area contributed by atoms with Gasteiger partial charge in [-0.15, -0.1) is 0 Å². The summed E-state index contributed by atoms with van der Waals surface area (Å²) in [5.74, 6) is -0.664. The van der Waals surface area contributed by atoms with Crippen LogP contribution in [0.15, 0.2) is 104 Å². The number of benzene rings is 3. The van der Waals surface area contributed by atoms with Crippen molar-refractivity contribution in [2.75, 3.05) is 31.7 Å². The number of unbranched alkanes of at least 4 members (excludes halogenated alkanes) is 2. The fourth-order valence-electron chi connectivity index (χ4n) is 3.89. The summed E-state index contributed by atoms with van der Waals surface area (Å²) in [4.78, 5) is 47.4. The predicted octanol–water partition coefficient (Wildman–Crippen LogP) is 6.23. The van der Waals surface area contributed by atoms with Crippen molar-refractivity contribution in [1.29, 1.82) is 5.26 Å². The minimum absolute atomic E-state index is 0.197. The Labute approximate surface area is 279 Å². The fraction of sp³-hybridized carbons (Fsp3) is 0.216. The number of nitrogens with one attached hydrogen (secondary N) is 1. The molecule has 0 fully saturated rings. The summed E-state index contributed by atoms with van der Waals surface area (Å²) in [6.45, 7) is 8.13. The highest BCUT2D eigenvalue weighted by atomic mass is 16.5. The second-order valence-electron chi connectivity index (χ2n) is 9.99. The van der Waals surface area contributed by atoms with Gasteiger partial charge in [0.15, 0.2) is 0 Å². The van der Waals surface area contributed by atoms with Crippen LogP contribution in [-0.4, -0.2) is 50.2 Å². The van der Waals surface area contributed by atoms with Gasteiger partial charge in [-0.05, 0) is 98.0 Å². The summed E-state index contributed by atoms with van der Waals surface area (Å²) >= 11 is 0. The van der Waals surface area contributed by atoms with Crippen molar-refractivity contribution in [2.24, 2.45) is 0 Å². The van der Waals surface area contributed by atoms with Crippen LogP contribution in [0.2, 0.25) is 0 Å². The van der Waals surface area contributed by atoms with E-state index in [1.807, 2.05) is 6.07 Å². The second-order valence-corrected chi connectivity index (χ2v) is 9.99. The van der Waals surface area contributed by atoms with E-state index in [2.05, 4.69) is 18.5 Å². The molecule has 0 aliphatic rings. The van der Waals surface area contributed by atoms with E-state index in [0.717, 1.165) is 12.2 Å². The molecule has 0 saturated heterocycles. The molecule has 48 heavy (non-hydrogen) atoms. The first-order valence-corrected chi connectivity index (χ1v) is 15.1. The molecule has 3 rings (SSSR count). The van der Waals surface area contributed by atoms with Gasteiger partial charge < -0.3 is 29.0 Å². The van der Waals surface area contributed by atoms with Crippen molar-refractivity contribution < 1.29 is 42.9 Å². The average Bonchev–Trinajstić information content (AvgIpc) is 3.11. The molecule has 3 aromatic carbocycles. The summed E-state index contributed by atoms with van der Waals surface area (Å²) in [6.07, 6.45) is 6.34. The fourth-order valence-corrected chi connectivity index (χ4v) is 3.89. The third-order valence-electron chi connectivity index (χ3n) is 6.41. The summed E-state index contributed by atoms with van der Waals surface area (Å²) in [7, 11) is 0. The summed E-state index contributed by atoms with van der Waals surface area (Å²) in [5.41, 5.74) is 1.30. The number of rotatable bonds is 19. The van der Waals surface area contributed by atoms with Gasteiger partial charge in [0.1, 0.15) is 28.9 Å². The largest absolute Gasteiger partial charge is 0.494 e. The van der Waals surface area contributed by atoms with Crippen molar-refractivity contribution in [2.45, 2.75) is 25.7 Å². The van der Waals surface area contributed by atoms with E-state index in [4.69, 9.17) is 23.7 Å². The zero-order valence-electron chi connectivity index (χ0n) is 26.4. The first-order chi connectivity index (χ1) is 23.3. The molecule has 0 saturated carbocycles. The molecule has 0 unspecified atom stereocenters. The second kappa shape index (κ2) is 20.1. The molecule has 248 valence electrons. The molecule has 0 heterocycles. The number of nitrogens with zero attached hydrogens (tertiary/aromatic N) is 1. The van der Waals surface area contributed by atoms with Gasteiger partial charge in [0.2, 0.25) is 0 Å². The molecule has 0 aromatic heterocycles. The van der Waals surface area contributed by atoms with E-state index >= 15 is 0 Å². The van der Waals surface area contributed by atoms with Crippen molar-refractivity contribution in [3.8, 4) is 23.3 Å². The van der Waals surface area contributed by atoms with Crippen LogP contribution in [0.25, 0.3) is 6.08 Å². The molecule has 3 aromatic rings. The number of nitriles is 1. The molecule has 0 bridgehead atoms. The van der Waals surface area contributed by atoms with Crippen LogP contribution in [0.1, 0.15) is 41.6 Å². The summed E-state index contributed by atoms with van der Waals surface area (Å²) in [5, 5.41) is 12.3. The van der Waals surface area contributed by atoms with Crippen molar-refractivity contribution in [1.82, 2.24) is 0 Å². The Kier molecular flexibility index (Phi) is 15.2. The maximum atomic E-state index is 12.7. The van der Waals surface area contributed by atoms with Crippen LogP contribution in [0.5, 0.6) is 17.2 Å². The minimum atomic E-state index is -0.829. The van der Waals surface area contributed by atoms with E-state index in [1.165, 1.54) is 18.2 Å². The highest BCUT2D eigenvalue weighted by Gasteiger charge is 2.13. The number of amides is 1. The van der Waals surface area contributed by atoms with E-state index in [1.54, 1.807) is 60.7 Å². The lowest BCUT2D eigenvalue weighted by atomic mass is 10.1. The molecule has 0 atom stereocenters. The highest BCUT2D eigenvalue weighted by Crippen LogP contribution is 2.20. The molecule has 1 amide bonds. The quantitative estimate of drug-likeness (QED) is 0.0519. The zero-order chi connectivity index (χ0) is 34.6. The minimum Gasteiger partial charge on any atom is -0.494 e. The maximum absolute atomic E-state index is 12.7. The molecule has 0 aliphatic carbocycles. The average molecular weight is 653 g/mol. The molecule has 11 nitrogen and oxygen atoms in total. The first-order valence-electron chi connectivity index (χ1n) is 15.1. The summed E-state index contributed by atoms with van der Waals surface area (Å²) in [6, 6.07) is 21.5. The Morgan fingerprint density at radius 2 is 1.15 bits per heavy atom. The van der Waals surface area contributed by atoms with Crippen LogP contribution in [0.4, 0.5) is 5.69 Å². The number of carbonyl (C=O) groups is 4. The molecular weight excluding hydrogens is 616 g/mol. The first kappa shape index (κ1) is 36.3. The maximum Gasteiger partial charge on any atom is 0.354 e. The highest BCUT2D eigenvalue weighted by molar-refractivity contribution is 6.04. The lowest BCUT2D eigenvalue weighted by Gasteiger charge is -2.09. The van der Waals surface area contributed by atoms with Crippen LogP contribution < -0.4 is 19.5 Å². The molecule has 1 N–H and O–H groups in total.